The predicted octanol–water partition coefficient (Wildman–Crippen LogP) is -0.524. The van der Waals surface area contributed by atoms with E-state index in [2.05, 4.69) is 10.2 Å². The van der Waals surface area contributed by atoms with Crippen LogP contribution in [-0.2, 0) is 15.1 Å². The zero-order valence-corrected chi connectivity index (χ0v) is 9.14. The SMILES string of the molecule is CC1(c2ccn[nH]2)CN(C(=O)CO)CCO1. The largest absolute Gasteiger partial charge is 0.387 e. The van der Waals surface area contributed by atoms with E-state index >= 15 is 0 Å². The number of aromatic amines is 1. The van der Waals surface area contributed by atoms with E-state index in [0.717, 1.165) is 5.69 Å². The lowest BCUT2D eigenvalue weighted by atomic mass is 10.00. The van der Waals surface area contributed by atoms with Gasteiger partial charge in [-0.3, -0.25) is 9.89 Å². The highest BCUT2D eigenvalue weighted by Crippen LogP contribution is 2.27. The van der Waals surface area contributed by atoms with Gasteiger partial charge in [0.05, 0.1) is 18.8 Å². The molecule has 0 saturated carbocycles. The first-order chi connectivity index (χ1) is 7.65. The first-order valence-corrected chi connectivity index (χ1v) is 5.18. The Labute approximate surface area is 93.2 Å². The van der Waals surface area contributed by atoms with E-state index in [-0.39, 0.29) is 5.91 Å². The van der Waals surface area contributed by atoms with E-state index in [9.17, 15) is 4.79 Å². The van der Waals surface area contributed by atoms with Crippen LogP contribution < -0.4 is 0 Å². The highest BCUT2D eigenvalue weighted by molar-refractivity contribution is 5.77. The fourth-order valence-corrected chi connectivity index (χ4v) is 1.90. The first-order valence-electron chi connectivity index (χ1n) is 5.18. The van der Waals surface area contributed by atoms with Gasteiger partial charge < -0.3 is 14.7 Å². The summed E-state index contributed by atoms with van der Waals surface area (Å²) in [6.07, 6.45) is 1.65. The number of amides is 1. The molecule has 1 atom stereocenters. The van der Waals surface area contributed by atoms with Crippen LogP contribution in [0.15, 0.2) is 12.3 Å². The Morgan fingerprint density at radius 3 is 3.25 bits per heavy atom. The maximum Gasteiger partial charge on any atom is 0.248 e. The highest BCUT2D eigenvalue weighted by Gasteiger charge is 2.36. The maximum absolute atomic E-state index is 11.4. The van der Waals surface area contributed by atoms with Crippen molar-refractivity contribution in [2.75, 3.05) is 26.3 Å². The van der Waals surface area contributed by atoms with Crippen LogP contribution in [0, 0.1) is 0 Å². The van der Waals surface area contributed by atoms with Gasteiger partial charge in [0.15, 0.2) is 0 Å². The smallest absolute Gasteiger partial charge is 0.248 e. The predicted molar refractivity (Wildman–Crippen MR) is 55.6 cm³/mol. The van der Waals surface area contributed by atoms with Crippen LogP contribution >= 0.6 is 0 Å². The molecule has 6 heteroatoms. The lowest BCUT2D eigenvalue weighted by Crippen LogP contribution is -2.51. The molecule has 2 heterocycles. The molecule has 2 rings (SSSR count). The number of H-pyrrole nitrogens is 1. The van der Waals surface area contributed by atoms with Crippen molar-refractivity contribution in [3.63, 3.8) is 0 Å². The van der Waals surface area contributed by atoms with Crippen molar-refractivity contribution in [1.29, 1.82) is 0 Å². The van der Waals surface area contributed by atoms with Gasteiger partial charge in [0.2, 0.25) is 5.91 Å². The molecule has 0 spiro atoms. The number of nitrogens with zero attached hydrogens (tertiary/aromatic N) is 2. The molecule has 16 heavy (non-hydrogen) atoms. The summed E-state index contributed by atoms with van der Waals surface area (Å²) in [5.74, 6) is -0.269. The van der Waals surface area contributed by atoms with E-state index in [1.807, 2.05) is 13.0 Å². The number of rotatable bonds is 2. The van der Waals surface area contributed by atoms with Gasteiger partial charge in [-0.05, 0) is 13.0 Å². The third kappa shape index (κ3) is 1.94. The number of hydrogen-bond donors (Lipinski definition) is 2. The van der Waals surface area contributed by atoms with Crippen LogP contribution in [0.3, 0.4) is 0 Å². The second-order valence-electron chi connectivity index (χ2n) is 4.02. The monoisotopic (exact) mass is 225 g/mol. The van der Waals surface area contributed by atoms with Crippen molar-refractivity contribution in [3.05, 3.63) is 18.0 Å². The average molecular weight is 225 g/mol. The van der Waals surface area contributed by atoms with E-state index in [4.69, 9.17) is 9.84 Å². The number of morpholine rings is 1. The molecular formula is C10H15N3O3. The lowest BCUT2D eigenvalue weighted by Gasteiger charge is -2.39. The van der Waals surface area contributed by atoms with Gasteiger partial charge in [0, 0.05) is 12.7 Å². The summed E-state index contributed by atoms with van der Waals surface area (Å²) in [5.41, 5.74) is 0.266. The summed E-state index contributed by atoms with van der Waals surface area (Å²) in [5, 5.41) is 15.6. The molecule has 2 N–H and O–H groups in total. The average Bonchev–Trinajstić information content (AvgIpc) is 2.82. The van der Waals surface area contributed by atoms with Crippen LogP contribution in [-0.4, -0.2) is 52.4 Å². The summed E-state index contributed by atoms with van der Waals surface area (Å²) < 4.78 is 5.69. The zero-order valence-electron chi connectivity index (χ0n) is 9.14. The molecule has 0 aliphatic carbocycles. The Bertz CT molecular complexity index is 365. The Hall–Kier alpha value is -1.40. The van der Waals surface area contributed by atoms with E-state index in [0.29, 0.717) is 19.7 Å². The van der Waals surface area contributed by atoms with Crippen LogP contribution in [0.1, 0.15) is 12.6 Å². The molecule has 1 aliphatic rings. The zero-order chi connectivity index (χ0) is 11.6. The molecule has 0 aromatic carbocycles. The highest BCUT2D eigenvalue weighted by atomic mass is 16.5. The minimum atomic E-state index is -0.570. The Balaban J connectivity index is 2.14. The maximum atomic E-state index is 11.4. The molecule has 6 nitrogen and oxygen atoms in total. The second-order valence-corrected chi connectivity index (χ2v) is 4.02. The normalized spacial score (nSPS) is 25.8. The van der Waals surface area contributed by atoms with Gasteiger partial charge in [-0.25, -0.2) is 0 Å². The molecule has 1 saturated heterocycles. The van der Waals surface area contributed by atoms with Crippen molar-refractivity contribution in [3.8, 4) is 0 Å². The quantitative estimate of drug-likeness (QED) is 0.709. The summed E-state index contributed by atoms with van der Waals surface area (Å²) >= 11 is 0. The fourth-order valence-electron chi connectivity index (χ4n) is 1.90. The summed E-state index contributed by atoms with van der Waals surface area (Å²) in [7, 11) is 0. The Morgan fingerprint density at radius 2 is 2.62 bits per heavy atom. The molecule has 0 bridgehead atoms. The standard InChI is InChI=1S/C10H15N3O3/c1-10(8-2-3-11-12-8)7-13(4-5-16-10)9(15)6-14/h2-3,14H,4-7H2,1H3,(H,11,12). The van der Waals surface area contributed by atoms with Crippen LogP contribution in [0.4, 0.5) is 0 Å². The Kier molecular flexibility index (Phi) is 2.93. The summed E-state index contributed by atoms with van der Waals surface area (Å²) in [6.45, 7) is 2.84. The van der Waals surface area contributed by atoms with Crippen molar-refractivity contribution in [2.24, 2.45) is 0 Å². The van der Waals surface area contributed by atoms with Gasteiger partial charge in [0.25, 0.3) is 0 Å². The summed E-state index contributed by atoms with van der Waals surface area (Å²) in [6, 6.07) is 1.83. The molecule has 1 aliphatic heterocycles. The van der Waals surface area contributed by atoms with E-state index in [1.54, 1.807) is 11.1 Å². The van der Waals surface area contributed by atoms with Crippen LogP contribution in [0.25, 0.3) is 0 Å². The van der Waals surface area contributed by atoms with Crippen molar-refractivity contribution in [1.82, 2.24) is 15.1 Å². The molecule has 1 aromatic rings. The molecule has 1 amide bonds. The van der Waals surface area contributed by atoms with Gasteiger partial charge in [-0.1, -0.05) is 0 Å². The number of carbonyl (C=O) groups excluding carboxylic acids is 1. The number of nitrogens with one attached hydrogen (secondary N) is 1. The molecule has 1 fully saturated rings. The third-order valence-corrected chi connectivity index (χ3v) is 2.83. The lowest BCUT2D eigenvalue weighted by molar-refractivity contribution is -0.152. The Morgan fingerprint density at radius 1 is 1.81 bits per heavy atom. The number of aliphatic hydroxyl groups excluding tert-OH is 1. The number of aromatic nitrogens is 2. The molecular weight excluding hydrogens is 210 g/mol. The topological polar surface area (TPSA) is 78.5 Å². The molecule has 1 unspecified atom stereocenters. The van der Waals surface area contributed by atoms with Crippen LogP contribution in [0.5, 0.6) is 0 Å². The van der Waals surface area contributed by atoms with E-state index in [1.165, 1.54) is 0 Å². The fraction of sp³-hybridized carbons (Fsp3) is 0.600. The number of aliphatic hydroxyl groups is 1. The third-order valence-electron chi connectivity index (χ3n) is 2.83. The van der Waals surface area contributed by atoms with Gasteiger partial charge in [-0.15, -0.1) is 0 Å². The molecule has 88 valence electrons. The summed E-state index contributed by atoms with van der Waals surface area (Å²) in [4.78, 5) is 13.0. The van der Waals surface area contributed by atoms with Crippen molar-refractivity contribution in [2.45, 2.75) is 12.5 Å². The first kappa shape index (κ1) is 11.1. The minimum Gasteiger partial charge on any atom is -0.387 e. The number of carbonyl (C=O) groups is 1. The van der Waals surface area contributed by atoms with Gasteiger partial charge in [0.1, 0.15) is 12.2 Å². The molecule has 0 radical (unpaired) electrons. The molecule has 1 aromatic heterocycles. The van der Waals surface area contributed by atoms with Gasteiger partial charge in [-0.2, -0.15) is 5.10 Å². The second kappa shape index (κ2) is 4.23. The number of ether oxygens (including phenoxy) is 1. The van der Waals surface area contributed by atoms with Crippen molar-refractivity contribution >= 4 is 5.91 Å². The van der Waals surface area contributed by atoms with Gasteiger partial charge >= 0.3 is 0 Å². The van der Waals surface area contributed by atoms with Crippen LogP contribution in [0.2, 0.25) is 0 Å². The number of hydrogen-bond acceptors (Lipinski definition) is 4. The van der Waals surface area contributed by atoms with Crippen molar-refractivity contribution < 1.29 is 14.6 Å². The van der Waals surface area contributed by atoms with E-state index < -0.39 is 12.2 Å². The minimum absolute atomic E-state index is 0.269.